The van der Waals surface area contributed by atoms with Gasteiger partial charge in [0.05, 0.1) is 6.07 Å². The Bertz CT molecular complexity index is 220. The third-order valence-electron chi connectivity index (χ3n) is 2.47. The molecule has 0 saturated carbocycles. The lowest BCUT2D eigenvalue weighted by Gasteiger charge is -2.14. The number of carbonyl (C=O) groups is 1. The van der Waals surface area contributed by atoms with Crippen LogP contribution in [0.4, 0.5) is 0 Å². The molecule has 0 heterocycles. The van der Waals surface area contributed by atoms with Crippen LogP contribution in [0.1, 0.15) is 52.9 Å². The summed E-state index contributed by atoms with van der Waals surface area (Å²) < 4.78 is 0. The summed E-state index contributed by atoms with van der Waals surface area (Å²) in [7, 11) is 0. The Labute approximate surface area is 92.9 Å². The Morgan fingerprint density at radius 2 is 2.00 bits per heavy atom. The minimum Gasteiger partial charge on any atom is -0.353 e. The molecule has 0 aromatic carbocycles. The van der Waals surface area contributed by atoms with Crippen molar-refractivity contribution in [3.63, 3.8) is 0 Å². The standard InChI is InChI=1S/C12H22N2O/c1-4-5-6-7-8-11(3)14-12(15)10(2)9-13/h10-11H,4-8H2,1-3H3,(H,14,15). The number of hydrogen-bond acceptors (Lipinski definition) is 2. The maximum Gasteiger partial charge on any atom is 0.237 e. The topological polar surface area (TPSA) is 52.9 Å². The van der Waals surface area contributed by atoms with Crippen LogP contribution in [0, 0.1) is 17.2 Å². The van der Waals surface area contributed by atoms with Gasteiger partial charge in [0.1, 0.15) is 5.92 Å². The van der Waals surface area contributed by atoms with Gasteiger partial charge in [0, 0.05) is 6.04 Å². The largest absolute Gasteiger partial charge is 0.353 e. The molecule has 0 aliphatic carbocycles. The van der Waals surface area contributed by atoms with Crippen molar-refractivity contribution in [1.29, 1.82) is 5.26 Å². The van der Waals surface area contributed by atoms with Crippen molar-refractivity contribution in [1.82, 2.24) is 5.32 Å². The first-order valence-electron chi connectivity index (χ1n) is 5.81. The van der Waals surface area contributed by atoms with Crippen LogP contribution in [-0.4, -0.2) is 11.9 Å². The lowest BCUT2D eigenvalue weighted by atomic mass is 10.1. The molecular weight excluding hydrogens is 188 g/mol. The third-order valence-corrected chi connectivity index (χ3v) is 2.47. The van der Waals surface area contributed by atoms with E-state index in [4.69, 9.17) is 5.26 Å². The second-order valence-corrected chi connectivity index (χ2v) is 4.11. The van der Waals surface area contributed by atoms with Gasteiger partial charge in [-0.1, -0.05) is 32.6 Å². The Morgan fingerprint density at radius 3 is 2.53 bits per heavy atom. The van der Waals surface area contributed by atoms with Crippen LogP contribution in [0.15, 0.2) is 0 Å². The molecule has 1 N–H and O–H groups in total. The molecule has 3 nitrogen and oxygen atoms in total. The molecule has 0 radical (unpaired) electrons. The highest BCUT2D eigenvalue weighted by atomic mass is 16.1. The van der Waals surface area contributed by atoms with E-state index in [1.807, 2.05) is 13.0 Å². The number of hydrogen-bond donors (Lipinski definition) is 1. The highest BCUT2D eigenvalue weighted by molar-refractivity contribution is 5.80. The summed E-state index contributed by atoms with van der Waals surface area (Å²) in [5, 5.41) is 11.4. The summed E-state index contributed by atoms with van der Waals surface area (Å²) in [4.78, 5) is 11.3. The van der Waals surface area contributed by atoms with Crippen LogP contribution in [-0.2, 0) is 4.79 Å². The van der Waals surface area contributed by atoms with Crippen LogP contribution in [0.2, 0.25) is 0 Å². The van der Waals surface area contributed by atoms with E-state index in [0.717, 1.165) is 12.8 Å². The highest BCUT2D eigenvalue weighted by Crippen LogP contribution is 2.05. The average molecular weight is 210 g/mol. The van der Waals surface area contributed by atoms with Crippen molar-refractivity contribution in [3.8, 4) is 6.07 Å². The van der Waals surface area contributed by atoms with Crippen molar-refractivity contribution in [2.45, 2.75) is 58.9 Å². The lowest BCUT2D eigenvalue weighted by Crippen LogP contribution is -2.35. The molecule has 0 aliphatic rings. The summed E-state index contributed by atoms with van der Waals surface area (Å²) in [6.07, 6.45) is 5.87. The number of rotatable bonds is 7. The van der Waals surface area contributed by atoms with Crippen molar-refractivity contribution in [3.05, 3.63) is 0 Å². The molecule has 0 spiro atoms. The van der Waals surface area contributed by atoms with E-state index in [9.17, 15) is 4.79 Å². The van der Waals surface area contributed by atoms with E-state index in [2.05, 4.69) is 12.2 Å². The summed E-state index contributed by atoms with van der Waals surface area (Å²) in [5.74, 6) is -0.691. The zero-order valence-electron chi connectivity index (χ0n) is 10.0. The van der Waals surface area contributed by atoms with Gasteiger partial charge < -0.3 is 5.32 Å². The van der Waals surface area contributed by atoms with Crippen molar-refractivity contribution >= 4 is 5.91 Å². The van der Waals surface area contributed by atoms with Gasteiger partial charge in [-0.25, -0.2) is 0 Å². The molecule has 2 atom stereocenters. The lowest BCUT2D eigenvalue weighted by molar-refractivity contribution is -0.123. The Balaban J connectivity index is 3.61. The maximum atomic E-state index is 11.3. The molecule has 0 saturated heterocycles. The van der Waals surface area contributed by atoms with E-state index >= 15 is 0 Å². The predicted octanol–water partition coefficient (Wildman–Crippen LogP) is 2.62. The quantitative estimate of drug-likeness (QED) is 0.657. The molecule has 0 aromatic heterocycles. The van der Waals surface area contributed by atoms with Gasteiger partial charge in [-0.3, -0.25) is 4.79 Å². The molecule has 15 heavy (non-hydrogen) atoms. The fraction of sp³-hybridized carbons (Fsp3) is 0.833. The van der Waals surface area contributed by atoms with E-state index in [0.29, 0.717) is 0 Å². The fourth-order valence-corrected chi connectivity index (χ4v) is 1.38. The molecule has 0 fully saturated rings. The molecule has 0 rings (SSSR count). The number of carbonyl (C=O) groups excluding carboxylic acids is 1. The number of nitrogens with one attached hydrogen (secondary N) is 1. The molecule has 86 valence electrons. The van der Waals surface area contributed by atoms with E-state index in [1.165, 1.54) is 19.3 Å². The number of amides is 1. The van der Waals surface area contributed by atoms with Gasteiger partial charge in [0.15, 0.2) is 0 Å². The highest BCUT2D eigenvalue weighted by Gasteiger charge is 2.13. The third kappa shape index (κ3) is 6.96. The zero-order valence-corrected chi connectivity index (χ0v) is 10.0. The first kappa shape index (κ1) is 14.0. The minimum absolute atomic E-state index is 0.152. The molecule has 0 bridgehead atoms. The van der Waals surface area contributed by atoms with Crippen molar-refractivity contribution in [2.24, 2.45) is 5.92 Å². The summed E-state index contributed by atoms with van der Waals surface area (Å²) in [6.45, 7) is 5.80. The Kier molecular flexibility index (Phi) is 7.71. The summed E-state index contributed by atoms with van der Waals surface area (Å²) in [6, 6.07) is 2.12. The van der Waals surface area contributed by atoms with E-state index in [-0.39, 0.29) is 11.9 Å². The monoisotopic (exact) mass is 210 g/mol. The molecule has 1 amide bonds. The smallest absolute Gasteiger partial charge is 0.237 e. The number of nitriles is 1. The van der Waals surface area contributed by atoms with Crippen LogP contribution in [0.5, 0.6) is 0 Å². The average Bonchev–Trinajstić information content (AvgIpc) is 2.23. The minimum atomic E-state index is -0.539. The summed E-state index contributed by atoms with van der Waals surface area (Å²) >= 11 is 0. The molecule has 3 heteroatoms. The molecular formula is C12H22N2O. The Hall–Kier alpha value is -1.04. The number of unbranched alkanes of at least 4 members (excludes halogenated alkanes) is 3. The van der Waals surface area contributed by atoms with Crippen molar-refractivity contribution in [2.75, 3.05) is 0 Å². The van der Waals surface area contributed by atoms with E-state index < -0.39 is 5.92 Å². The first-order valence-corrected chi connectivity index (χ1v) is 5.81. The molecule has 2 unspecified atom stereocenters. The van der Waals surface area contributed by atoms with Gasteiger partial charge in [0.25, 0.3) is 0 Å². The second-order valence-electron chi connectivity index (χ2n) is 4.11. The van der Waals surface area contributed by atoms with Gasteiger partial charge in [0.2, 0.25) is 5.91 Å². The zero-order chi connectivity index (χ0) is 11.7. The predicted molar refractivity (Wildman–Crippen MR) is 61.1 cm³/mol. The summed E-state index contributed by atoms with van der Waals surface area (Å²) in [5.41, 5.74) is 0. The van der Waals surface area contributed by atoms with Crippen molar-refractivity contribution < 1.29 is 4.79 Å². The van der Waals surface area contributed by atoms with E-state index in [1.54, 1.807) is 6.92 Å². The molecule has 0 aliphatic heterocycles. The van der Waals surface area contributed by atoms with Crippen LogP contribution in [0.25, 0.3) is 0 Å². The van der Waals surface area contributed by atoms with Crippen LogP contribution < -0.4 is 5.32 Å². The second kappa shape index (κ2) is 8.28. The fourth-order valence-electron chi connectivity index (χ4n) is 1.38. The normalized spacial score (nSPS) is 14.0. The first-order chi connectivity index (χ1) is 7.11. The van der Waals surface area contributed by atoms with Crippen LogP contribution in [0.3, 0.4) is 0 Å². The van der Waals surface area contributed by atoms with Gasteiger partial charge in [-0.15, -0.1) is 0 Å². The van der Waals surface area contributed by atoms with Gasteiger partial charge in [-0.2, -0.15) is 5.26 Å². The number of nitrogens with zero attached hydrogens (tertiary/aromatic N) is 1. The molecule has 0 aromatic rings. The van der Waals surface area contributed by atoms with Gasteiger partial charge >= 0.3 is 0 Å². The Morgan fingerprint density at radius 1 is 1.33 bits per heavy atom. The van der Waals surface area contributed by atoms with Gasteiger partial charge in [-0.05, 0) is 20.3 Å². The maximum absolute atomic E-state index is 11.3. The SMILES string of the molecule is CCCCCCC(C)NC(=O)C(C)C#N. The van der Waals surface area contributed by atoms with Crippen LogP contribution >= 0.6 is 0 Å².